The van der Waals surface area contributed by atoms with E-state index in [0.29, 0.717) is 12.0 Å². The first-order valence-electron chi connectivity index (χ1n) is 19.1. The summed E-state index contributed by atoms with van der Waals surface area (Å²) in [6.45, 7) is 6.63. The van der Waals surface area contributed by atoms with Crippen molar-refractivity contribution in [2.24, 2.45) is 33.8 Å². The molecule has 2 saturated heterocycles. The Morgan fingerprint density at radius 1 is 0.897 bits per heavy atom. The quantitative estimate of drug-likeness (QED) is 0.0334. The molecule has 2 aliphatic heterocycles. The summed E-state index contributed by atoms with van der Waals surface area (Å²) in [5.74, 6) is -6.47. The zero-order valence-corrected chi connectivity index (χ0v) is 33.2. The molecular weight excluding hydrogens is 758 g/mol. The number of phenolic OH excluding ortho intramolecular Hbond substituents is 1. The maximum atomic E-state index is 13.9. The van der Waals surface area contributed by atoms with Gasteiger partial charge in [0.05, 0.1) is 12.1 Å². The molecule has 320 valence electrons. The minimum atomic E-state index is -1.41. The van der Waals surface area contributed by atoms with Crippen LogP contribution in [0.25, 0.3) is 0 Å². The first kappa shape index (κ1) is 46.4. The van der Waals surface area contributed by atoms with Crippen molar-refractivity contribution >= 4 is 53.3 Å². The van der Waals surface area contributed by atoms with E-state index in [1.165, 1.54) is 28.9 Å². The molecular formula is C37H57N11O10. The molecule has 8 atom stereocenters. The second-order valence-electron chi connectivity index (χ2n) is 15.1. The first-order chi connectivity index (χ1) is 27.2. The van der Waals surface area contributed by atoms with Gasteiger partial charge in [-0.2, -0.15) is 0 Å². The molecule has 0 saturated carbocycles. The van der Waals surface area contributed by atoms with Crippen LogP contribution in [0.1, 0.15) is 71.8 Å². The van der Waals surface area contributed by atoms with Gasteiger partial charge in [-0.1, -0.05) is 26.0 Å². The third-order valence-corrected chi connectivity index (χ3v) is 10.1. The van der Waals surface area contributed by atoms with Crippen molar-refractivity contribution < 1.29 is 48.6 Å². The molecule has 3 rings (SSSR count). The number of likely N-dealkylation sites (tertiary alicyclic amines) is 2. The smallest absolute Gasteiger partial charge is 0.303 e. The maximum Gasteiger partial charge on any atom is 0.303 e. The number of carbonyl (C=O) groups is 8. The lowest BCUT2D eigenvalue weighted by Gasteiger charge is -2.32. The van der Waals surface area contributed by atoms with Gasteiger partial charge >= 0.3 is 5.97 Å². The second-order valence-corrected chi connectivity index (χ2v) is 15.1. The molecule has 1 aromatic rings. The fraction of sp³-hybridized carbons (Fsp3) is 0.595. The van der Waals surface area contributed by atoms with Crippen molar-refractivity contribution in [2.75, 3.05) is 13.1 Å². The number of hydrogen-bond acceptors (Lipinski definition) is 11. The lowest BCUT2D eigenvalue weighted by atomic mass is 10.0. The number of guanidine groups is 1. The van der Waals surface area contributed by atoms with Crippen LogP contribution < -0.4 is 44.2 Å². The Kier molecular flexibility index (Phi) is 16.8. The Hall–Kier alpha value is -5.99. The number of hydrogen-bond donors (Lipinski definition) is 10. The summed E-state index contributed by atoms with van der Waals surface area (Å²) >= 11 is 0. The number of aromatic hydroxyl groups is 1. The number of carbonyl (C=O) groups excluding carboxylic acids is 7. The average Bonchev–Trinajstić information content (AvgIpc) is 3.63. The number of carboxylic acids is 1. The summed E-state index contributed by atoms with van der Waals surface area (Å²) in [6.07, 6.45) is -0.286. The molecule has 21 heteroatoms. The Bertz CT molecular complexity index is 1720. The Labute approximate surface area is 336 Å². The highest BCUT2D eigenvalue weighted by Crippen LogP contribution is 2.23. The van der Waals surface area contributed by atoms with Crippen LogP contribution in [0.3, 0.4) is 0 Å². The third kappa shape index (κ3) is 13.0. The van der Waals surface area contributed by atoms with Crippen LogP contribution in [0.2, 0.25) is 0 Å². The number of carboxylic acid groups (broad SMARTS) is 1. The molecule has 0 spiro atoms. The molecule has 0 aliphatic carbocycles. The SMILES string of the molecule is CC(C)[C@H](C(=O)N[C@H](CCC(=O)O)C(=O)N[C@@H]1CC(C)N([C@H](C)C(N)=O)C1=O)N1C[C@@H](NC(=O)[C@@H](Cc2ccc(O)cc2)NC(=O)[C@H](N)CCCN=C(N)N)CC1=O. The first-order valence-corrected chi connectivity index (χ1v) is 19.1. The van der Waals surface area contributed by atoms with Gasteiger partial charge in [0, 0.05) is 38.4 Å². The fourth-order valence-corrected chi connectivity index (χ4v) is 7.06. The van der Waals surface area contributed by atoms with Crippen LogP contribution in [-0.2, 0) is 44.8 Å². The Balaban J connectivity index is 1.74. The molecule has 7 amide bonds. The summed E-state index contributed by atoms with van der Waals surface area (Å²) < 4.78 is 0. The van der Waals surface area contributed by atoms with Crippen LogP contribution in [0.4, 0.5) is 0 Å². The molecule has 21 nitrogen and oxygen atoms in total. The minimum absolute atomic E-state index is 0.000316. The van der Waals surface area contributed by atoms with Crippen molar-refractivity contribution in [3.8, 4) is 5.75 Å². The van der Waals surface area contributed by atoms with E-state index in [1.54, 1.807) is 32.9 Å². The summed E-state index contributed by atoms with van der Waals surface area (Å²) in [6, 6.07) is -1.94. The molecule has 2 fully saturated rings. The highest BCUT2D eigenvalue weighted by molar-refractivity contribution is 5.97. The number of phenols is 1. The maximum absolute atomic E-state index is 13.9. The number of rotatable bonds is 21. The van der Waals surface area contributed by atoms with E-state index >= 15 is 0 Å². The van der Waals surface area contributed by atoms with Gasteiger partial charge in [0.1, 0.15) is 36.0 Å². The average molecular weight is 816 g/mol. The van der Waals surface area contributed by atoms with E-state index in [9.17, 15) is 48.6 Å². The molecule has 1 aromatic carbocycles. The molecule has 2 heterocycles. The zero-order chi connectivity index (χ0) is 43.4. The number of aliphatic carboxylic acids is 1. The van der Waals surface area contributed by atoms with E-state index in [4.69, 9.17) is 22.9 Å². The van der Waals surface area contributed by atoms with Crippen LogP contribution in [0.5, 0.6) is 5.75 Å². The van der Waals surface area contributed by atoms with E-state index in [-0.39, 0.29) is 56.9 Å². The molecule has 0 radical (unpaired) electrons. The van der Waals surface area contributed by atoms with Crippen molar-refractivity contribution in [3.63, 3.8) is 0 Å². The standard InChI is InChI=1S/C37H57N11O10/c1-18(2)30(35(57)44-25(11-12-29(51)52)33(55)46-27-14-19(3)48(36(27)58)20(4)31(39)53)47-17-22(16-28(47)50)43-34(56)26(15-21-7-9-23(49)10-8-21)45-32(54)24(38)6-5-13-42-37(40)41/h7-10,18-20,22,24-27,30,49H,5-6,11-17,38H2,1-4H3,(H2,39,53)(H,43,56)(H,44,57)(H,45,54)(H,46,55)(H,51,52)(H4,40,41,42)/t19?,20-,22+,24-,25-,26-,27-,30-/m1/s1. The summed E-state index contributed by atoms with van der Waals surface area (Å²) in [7, 11) is 0. The van der Waals surface area contributed by atoms with Crippen molar-refractivity contribution in [1.29, 1.82) is 0 Å². The number of benzene rings is 1. The van der Waals surface area contributed by atoms with Gasteiger partial charge in [0.15, 0.2) is 5.96 Å². The predicted molar refractivity (Wildman–Crippen MR) is 209 cm³/mol. The van der Waals surface area contributed by atoms with E-state index < -0.39 is 108 Å². The van der Waals surface area contributed by atoms with Crippen molar-refractivity contribution in [1.82, 2.24) is 31.1 Å². The van der Waals surface area contributed by atoms with Crippen LogP contribution >= 0.6 is 0 Å². The third-order valence-electron chi connectivity index (χ3n) is 10.1. The van der Waals surface area contributed by atoms with Gasteiger partial charge in [0.25, 0.3) is 0 Å². The number of primary amides is 1. The van der Waals surface area contributed by atoms with Crippen LogP contribution in [-0.4, -0.2) is 135 Å². The number of nitrogens with one attached hydrogen (secondary N) is 4. The highest BCUT2D eigenvalue weighted by Gasteiger charge is 2.44. The number of nitrogens with zero attached hydrogens (tertiary/aromatic N) is 3. The van der Waals surface area contributed by atoms with Crippen molar-refractivity contribution in [2.45, 2.75) is 121 Å². The van der Waals surface area contributed by atoms with Crippen LogP contribution in [0, 0.1) is 5.92 Å². The molecule has 14 N–H and O–H groups in total. The molecule has 2 aliphatic rings. The van der Waals surface area contributed by atoms with E-state index in [1.807, 2.05) is 0 Å². The van der Waals surface area contributed by atoms with Gasteiger partial charge in [0.2, 0.25) is 41.4 Å². The van der Waals surface area contributed by atoms with Gasteiger partial charge in [-0.15, -0.1) is 0 Å². The molecule has 1 unspecified atom stereocenters. The van der Waals surface area contributed by atoms with Gasteiger partial charge in [-0.05, 0) is 63.1 Å². The van der Waals surface area contributed by atoms with Gasteiger partial charge in [-0.3, -0.25) is 43.3 Å². The lowest BCUT2D eigenvalue weighted by molar-refractivity contribution is -0.142. The highest BCUT2D eigenvalue weighted by atomic mass is 16.4. The summed E-state index contributed by atoms with van der Waals surface area (Å²) in [5, 5.41) is 29.7. The molecule has 58 heavy (non-hydrogen) atoms. The fourth-order valence-electron chi connectivity index (χ4n) is 7.06. The monoisotopic (exact) mass is 815 g/mol. The summed E-state index contributed by atoms with van der Waals surface area (Å²) in [5.41, 5.74) is 22.8. The molecule has 0 bridgehead atoms. The predicted octanol–water partition coefficient (Wildman–Crippen LogP) is -3.13. The number of nitrogens with two attached hydrogens (primary N) is 4. The largest absolute Gasteiger partial charge is 0.508 e. The Morgan fingerprint density at radius 3 is 2.10 bits per heavy atom. The van der Waals surface area contributed by atoms with E-state index in [0.717, 1.165) is 0 Å². The van der Waals surface area contributed by atoms with Gasteiger partial charge in [-0.25, -0.2) is 0 Å². The van der Waals surface area contributed by atoms with E-state index in [2.05, 4.69) is 26.3 Å². The lowest BCUT2D eigenvalue weighted by Crippen LogP contribution is -2.58. The normalized spacial score (nSPS) is 20.4. The number of amides is 7. The van der Waals surface area contributed by atoms with Gasteiger partial charge < -0.3 is 64.2 Å². The number of aliphatic imine (C=N–C) groups is 1. The topological polar surface area (TPSA) is 348 Å². The van der Waals surface area contributed by atoms with Crippen molar-refractivity contribution in [3.05, 3.63) is 29.8 Å². The van der Waals surface area contributed by atoms with Crippen LogP contribution in [0.15, 0.2) is 29.3 Å². The zero-order valence-electron chi connectivity index (χ0n) is 33.2. The minimum Gasteiger partial charge on any atom is -0.508 e. The summed E-state index contributed by atoms with van der Waals surface area (Å²) in [4.78, 5) is 110. The Morgan fingerprint density at radius 2 is 1.52 bits per heavy atom. The molecule has 0 aromatic heterocycles. The second kappa shape index (κ2) is 21.0.